The summed E-state index contributed by atoms with van der Waals surface area (Å²) in [5.74, 6) is 0. The maximum Gasteiger partial charge on any atom is 0.253 e. The Kier molecular flexibility index (Phi) is 10.5. The molecular formula is C38H48N4O4. The summed E-state index contributed by atoms with van der Waals surface area (Å²) in [6, 6.07) is 21.6. The Morgan fingerprint density at radius 2 is 1.65 bits per heavy atom. The van der Waals surface area contributed by atoms with Gasteiger partial charge in [0.05, 0.1) is 13.2 Å². The van der Waals surface area contributed by atoms with Crippen LogP contribution in [0.15, 0.2) is 65.5 Å². The number of H-pyrrole nitrogens is 1. The summed E-state index contributed by atoms with van der Waals surface area (Å²) in [5, 5.41) is 17.0. The lowest BCUT2D eigenvalue weighted by molar-refractivity contribution is 0.0342. The van der Waals surface area contributed by atoms with Crippen LogP contribution in [0, 0.1) is 6.92 Å². The molecule has 4 aromatic rings. The van der Waals surface area contributed by atoms with E-state index < -0.39 is 6.23 Å². The van der Waals surface area contributed by atoms with Crippen molar-refractivity contribution in [3.05, 3.63) is 99.0 Å². The summed E-state index contributed by atoms with van der Waals surface area (Å²) >= 11 is 0. The van der Waals surface area contributed by atoms with Gasteiger partial charge in [0.15, 0.2) is 0 Å². The molecule has 3 aromatic carbocycles. The molecule has 2 aliphatic rings. The van der Waals surface area contributed by atoms with Crippen LogP contribution >= 0.6 is 0 Å². The number of ether oxygens (including phenoxy) is 2. The molecule has 0 saturated carbocycles. The maximum atomic E-state index is 13.2. The Morgan fingerprint density at radius 3 is 2.35 bits per heavy atom. The topological polar surface area (TPSA) is 90.1 Å². The van der Waals surface area contributed by atoms with Gasteiger partial charge in [0.1, 0.15) is 6.23 Å². The number of morpholine rings is 1. The monoisotopic (exact) mass is 624 g/mol. The molecule has 8 nitrogen and oxygen atoms in total. The molecule has 244 valence electrons. The molecule has 1 unspecified atom stereocenters. The van der Waals surface area contributed by atoms with E-state index in [1.165, 1.54) is 5.56 Å². The lowest BCUT2D eigenvalue weighted by Crippen LogP contribution is -2.40. The van der Waals surface area contributed by atoms with Crippen molar-refractivity contribution in [1.82, 2.24) is 15.2 Å². The lowest BCUT2D eigenvalue weighted by atomic mass is 9.94. The van der Waals surface area contributed by atoms with Crippen LogP contribution in [-0.2, 0) is 29.0 Å². The highest BCUT2D eigenvalue weighted by Gasteiger charge is 2.25. The third kappa shape index (κ3) is 7.06. The summed E-state index contributed by atoms with van der Waals surface area (Å²) in [6.45, 7) is 13.4. The standard InChI is InChI=1S/C38H48N4O4/c1-4-35-32-9-7-6-8-31(32)34(38(44)40-35)24-39-37(43)33-22-29(23-36(26(33)3)42(5-2)30-14-18-45-19-15-30)28-12-10-27(11-13-28)25-41-16-20-46-21-17-41/h6-13,22-23,30,37,39,43H,4-5,14-21,24-25H2,1-3H3,(H,40,44). The molecule has 2 saturated heterocycles. The molecule has 46 heavy (non-hydrogen) atoms. The van der Waals surface area contributed by atoms with Gasteiger partial charge in [0, 0.05) is 79.9 Å². The zero-order valence-electron chi connectivity index (χ0n) is 27.5. The molecule has 8 heteroatoms. The first-order valence-corrected chi connectivity index (χ1v) is 16.9. The van der Waals surface area contributed by atoms with E-state index in [1.54, 1.807) is 0 Å². The molecule has 0 aliphatic carbocycles. The lowest BCUT2D eigenvalue weighted by Gasteiger charge is -2.37. The second-order valence-corrected chi connectivity index (χ2v) is 12.5. The van der Waals surface area contributed by atoms with E-state index in [0.717, 1.165) is 116 Å². The number of aryl methyl sites for hydroxylation is 1. The fourth-order valence-electron chi connectivity index (χ4n) is 7.09. The Hall–Kier alpha value is -3.53. The van der Waals surface area contributed by atoms with Crippen molar-refractivity contribution in [3.63, 3.8) is 0 Å². The molecule has 2 aliphatic heterocycles. The molecule has 3 N–H and O–H groups in total. The van der Waals surface area contributed by atoms with Gasteiger partial charge < -0.3 is 24.5 Å². The van der Waals surface area contributed by atoms with Crippen LogP contribution < -0.4 is 15.8 Å². The van der Waals surface area contributed by atoms with Gasteiger partial charge in [-0.15, -0.1) is 0 Å². The first-order chi connectivity index (χ1) is 22.5. The summed E-state index contributed by atoms with van der Waals surface area (Å²) in [5.41, 5.74) is 7.91. The fraction of sp³-hybridized carbons (Fsp3) is 0.447. The fourth-order valence-corrected chi connectivity index (χ4v) is 7.09. The number of anilines is 1. The Bertz CT molecular complexity index is 1670. The highest BCUT2D eigenvalue weighted by Crippen LogP contribution is 2.36. The maximum absolute atomic E-state index is 13.2. The van der Waals surface area contributed by atoms with Gasteiger partial charge in [-0.05, 0) is 72.9 Å². The van der Waals surface area contributed by atoms with Crippen LogP contribution in [-0.4, -0.2) is 67.1 Å². The first-order valence-electron chi connectivity index (χ1n) is 16.9. The SMILES string of the molecule is CCc1[nH]c(=O)c(CNC(O)c2cc(-c3ccc(CN4CCOCC4)cc3)cc(N(CC)C3CCOCC3)c2C)c2ccccc12. The van der Waals surface area contributed by atoms with Crippen molar-refractivity contribution in [2.75, 3.05) is 51.0 Å². The number of hydrogen-bond acceptors (Lipinski definition) is 7. The van der Waals surface area contributed by atoms with Crippen molar-refractivity contribution in [3.8, 4) is 11.1 Å². The van der Waals surface area contributed by atoms with Gasteiger partial charge in [0.2, 0.25) is 0 Å². The van der Waals surface area contributed by atoms with E-state index >= 15 is 0 Å². The zero-order chi connectivity index (χ0) is 32.0. The van der Waals surface area contributed by atoms with E-state index in [4.69, 9.17) is 9.47 Å². The van der Waals surface area contributed by atoms with Gasteiger partial charge in [0.25, 0.3) is 5.56 Å². The third-order valence-corrected chi connectivity index (χ3v) is 9.74. The normalized spacial score (nSPS) is 17.0. The minimum Gasteiger partial charge on any atom is -0.381 e. The predicted octanol–water partition coefficient (Wildman–Crippen LogP) is 5.68. The van der Waals surface area contributed by atoms with Crippen molar-refractivity contribution < 1.29 is 14.6 Å². The number of hydrogen-bond donors (Lipinski definition) is 3. The number of benzene rings is 3. The number of aromatic nitrogens is 1. The van der Waals surface area contributed by atoms with Crippen LogP contribution in [0.3, 0.4) is 0 Å². The second kappa shape index (κ2) is 14.9. The van der Waals surface area contributed by atoms with E-state index in [0.29, 0.717) is 11.6 Å². The Labute approximate surface area is 272 Å². The smallest absolute Gasteiger partial charge is 0.253 e. The molecule has 1 atom stereocenters. The molecule has 3 heterocycles. The summed E-state index contributed by atoms with van der Waals surface area (Å²) in [4.78, 5) is 21.2. The van der Waals surface area contributed by atoms with Crippen LogP contribution in [0.2, 0.25) is 0 Å². The van der Waals surface area contributed by atoms with Gasteiger partial charge in [-0.25, -0.2) is 0 Å². The average molecular weight is 625 g/mol. The van der Waals surface area contributed by atoms with Crippen molar-refractivity contribution >= 4 is 16.5 Å². The number of nitrogens with zero attached hydrogens (tertiary/aromatic N) is 2. The largest absolute Gasteiger partial charge is 0.381 e. The molecule has 1 aromatic heterocycles. The van der Waals surface area contributed by atoms with Crippen LogP contribution in [0.5, 0.6) is 0 Å². The minimum atomic E-state index is -0.961. The third-order valence-electron chi connectivity index (χ3n) is 9.74. The number of aliphatic hydroxyl groups is 1. The number of aromatic amines is 1. The van der Waals surface area contributed by atoms with E-state index in [-0.39, 0.29) is 12.1 Å². The highest BCUT2D eigenvalue weighted by atomic mass is 16.5. The first kappa shape index (κ1) is 32.4. The van der Waals surface area contributed by atoms with Gasteiger partial charge in [-0.1, -0.05) is 55.5 Å². The van der Waals surface area contributed by atoms with E-state index in [1.807, 2.05) is 31.2 Å². The van der Waals surface area contributed by atoms with Gasteiger partial charge in [-0.3, -0.25) is 15.0 Å². The van der Waals surface area contributed by atoms with Crippen LogP contribution in [0.25, 0.3) is 21.9 Å². The Morgan fingerprint density at radius 1 is 0.957 bits per heavy atom. The van der Waals surface area contributed by atoms with Crippen LogP contribution in [0.1, 0.15) is 60.9 Å². The number of fused-ring (bicyclic) bond motifs is 1. The average Bonchev–Trinajstić information content (AvgIpc) is 3.09. The molecule has 0 radical (unpaired) electrons. The van der Waals surface area contributed by atoms with Gasteiger partial charge >= 0.3 is 0 Å². The molecule has 0 spiro atoms. The number of nitrogens with one attached hydrogen (secondary N) is 2. The quantitative estimate of drug-likeness (QED) is 0.185. The highest BCUT2D eigenvalue weighted by molar-refractivity contribution is 5.87. The molecule has 0 bridgehead atoms. The summed E-state index contributed by atoms with van der Waals surface area (Å²) in [6.07, 6.45) is 1.74. The zero-order valence-corrected chi connectivity index (χ0v) is 27.5. The van der Waals surface area contributed by atoms with Crippen molar-refractivity contribution in [2.45, 2.75) is 65.4 Å². The van der Waals surface area contributed by atoms with Crippen LogP contribution in [0.4, 0.5) is 5.69 Å². The van der Waals surface area contributed by atoms with Gasteiger partial charge in [-0.2, -0.15) is 0 Å². The molecular weight excluding hydrogens is 576 g/mol. The number of aliphatic hydroxyl groups excluding tert-OH is 1. The van der Waals surface area contributed by atoms with Crippen molar-refractivity contribution in [1.29, 1.82) is 0 Å². The predicted molar refractivity (Wildman–Crippen MR) is 185 cm³/mol. The molecule has 6 rings (SSSR count). The Balaban J connectivity index is 1.33. The summed E-state index contributed by atoms with van der Waals surface area (Å²) in [7, 11) is 0. The molecule has 0 amide bonds. The van der Waals surface area contributed by atoms with E-state index in [2.05, 4.69) is 70.3 Å². The number of rotatable bonds is 11. The second-order valence-electron chi connectivity index (χ2n) is 12.5. The number of pyridine rings is 1. The minimum absolute atomic E-state index is 0.116. The molecule has 2 fully saturated rings. The van der Waals surface area contributed by atoms with Crippen molar-refractivity contribution in [2.24, 2.45) is 0 Å². The van der Waals surface area contributed by atoms with E-state index in [9.17, 15) is 9.90 Å². The summed E-state index contributed by atoms with van der Waals surface area (Å²) < 4.78 is 11.2.